The van der Waals surface area contributed by atoms with Crippen molar-refractivity contribution in [2.45, 2.75) is 13.5 Å². The molecular formula is C10H13BrN2O2. The molecule has 0 amide bonds. The Morgan fingerprint density at radius 2 is 2.33 bits per heavy atom. The van der Waals surface area contributed by atoms with Crippen molar-refractivity contribution in [3.8, 4) is 0 Å². The molecule has 82 valence electrons. The molecule has 15 heavy (non-hydrogen) atoms. The monoisotopic (exact) mass is 272 g/mol. The lowest BCUT2D eigenvalue weighted by Gasteiger charge is -2.17. The van der Waals surface area contributed by atoms with Crippen LogP contribution < -0.4 is 0 Å². The predicted octanol–water partition coefficient (Wildman–Crippen LogP) is 1.75. The summed E-state index contributed by atoms with van der Waals surface area (Å²) in [7, 11) is 0. The summed E-state index contributed by atoms with van der Waals surface area (Å²) in [5.41, 5.74) is 0.876. The number of carboxylic acids is 1. The number of carbonyl (C=O) groups is 1. The third kappa shape index (κ3) is 4.40. The maximum Gasteiger partial charge on any atom is 0.317 e. The summed E-state index contributed by atoms with van der Waals surface area (Å²) in [6, 6.07) is 3.78. The van der Waals surface area contributed by atoms with E-state index >= 15 is 0 Å². The van der Waals surface area contributed by atoms with Gasteiger partial charge in [-0.05, 0) is 34.6 Å². The van der Waals surface area contributed by atoms with E-state index in [-0.39, 0.29) is 6.54 Å². The highest BCUT2D eigenvalue weighted by Gasteiger charge is 2.08. The average Bonchev–Trinajstić information content (AvgIpc) is 2.19. The lowest BCUT2D eigenvalue weighted by atomic mass is 10.3. The Labute approximate surface area is 97.1 Å². The topological polar surface area (TPSA) is 53.4 Å². The zero-order valence-electron chi connectivity index (χ0n) is 8.48. The van der Waals surface area contributed by atoms with Crippen molar-refractivity contribution in [1.82, 2.24) is 9.88 Å². The van der Waals surface area contributed by atoms with Crippen LogP contribution in [-0.2, 0) is 11.3 Å². The van der Waals surface area contributed by atoms with Gasteiger partial charge in [0.2, 0.25) is 0 Å². The molecule has 0 saturated heterocycles. The van der Waals surface area contributed by atoms with E-state index in [1.165, 1.54) is 0 Å². The molecule has 0 aliphatic carbocycles. The number of nitrogens with zero attached hydrogens (tertiary/aromatic N) is 2. The van der Waals surface area contributed by atoms with Gasteiger partial charge in [-0.15, -0.1) is 0 Å². The van der Waals surface area contributed by atoms with Crippen molar-refractivity contribution in [2.75, 3.05) is 13.1 Å². The number of aliphatic carboxylic acids is 1. The molecule has 0 fully saturated rings. The molecular weight excluding hydrogens is 260 g/mol. The SMILES string of the molecule is CCN(CC(=O)O)Cc1ccc(Br)cn1. The number of hydrogen-bond donors (Lipinski definition) is 1. The fourth-order valence-corrected chi connectivity index (χ4v) is 1.43. The van der Waals surface area contributed by atoms with E-state index in [2.05, 4.69) is 20.9 Å². The van der Waals surface area contributed by atoms with Gasteiger partial charge < -0.3 is 5.11 Å². The highest BCUT2D eigenvalue weighted by atomic mass is 79.9. The molecule has 1 rings (SSSR count). The molecule has 1 N–H and O–H groups in total. The molecule has 0 saturated carbocycles. The molecule has 5 heteroatoms. The number of likely N-dealkylation sites (N-methyl/N-ethyl adjacent to an activating group) is 1. The van der Waals surface area contributed by atoms with Gasteiger partial charge >= 0.3 is 5.97 Å². The Bertz CT molecular complexity index is 327. The summed E-state index contributed by atoms with van der Waals surface area (Å²) < 4.78 is 0.924. The van der Waals surface area contributed by atoms with Crippen LogP contribution in [0.5, 0.6) is 0 Å². The van der Waals surface area contributed by atoms with Crippen molar-refractivity contribution in [1.29, 1.82) is 0 Å². The fraction of sp³-hybridized carbons (Fsp3) is 0.400. The van der Waals surface area contributed by atoms with Crippen molar-refractivity contribution >= 4 is 21.9 Å². The number of halogens is 1. The molecule has 0 spiro atoms. The summed E-state index contributed by atoms with van der Waals surface area (Å²) in [6.45, 7) is 3.25. The van der Waals surface area contributed by atoms with Gasteiger partial charge in [0.15, 0.2) is 0 Å². The quantitative estimate of drug-likeness (QED) is 0.888. The Morgan fingerprint density at radius 1 is 1.60 bits per heavy atom. The van der Waals surface area contributed by atoms with E-state index in [9.17, 15) is 4.79 Å². The van der Waals surface area contributed by atoms with Gasteiger partial charge in [-0.3, -0.25) is 14.7 Å². The molecule has 1 aromatic rings. The molecule has 0 unspecified atom stereocenters. The number of hydrogen-bond acceptors (Lipinski definition) is 3. The Kier molecular flexibility index (Phi) is 4.71. The van der Waals surface area contributed by atoms with E-state index in [0.717, 1.165) is 10.2 Å². The summed E-state index contributed by atoms with van der Waals surface area (Å²) >= 11 is 3.30. The van der Waals surface area contributed by atoms with Crippen LogP contribution in [0.4, 0.5) is 0 Å². The Hall–Kier alpha value is -0.940. The van der Waals surface area contributed by atoms with Crippen molar-refractivity contribution < 1.29 is 9.90 Å². The van der Waals surface area contributed by atoms with Crippen LogP contribution in [0.25, 0.3) is 0 Å². The van der Waals surface area contributed by atoms with Crippen LogP contribution in [0.1, 0.15) is 12.6 Å². The third-order valence-corrected chi connectivity index (χ3v) is 2.45. The van der Waals surface area contributed by atoms with E-state index in [0.29, 0.717) is 13.1 Å². The molecule has 1 heterocycles. The largest absolute Gasteiger partial charge is 0.480 e. The molecule has 0 aliphatic heterocycles. The maximum atomic E-state index is 10.5. The van der Waals surface area contributed by atoms with Crippen molar-refractivity contribution in [2.24, 2.45) is 0 Å². The number of aromatic nitrogens is 1. The van der Waals surface area contributed by atoms with E-state index < -0.39 is 5.97 Å². The second kappa shape index (κ2) is 5.82. The summed E-state index contributed by atoms with van der Waals surface area (Å²) in [5, 5.41) is 8.67. The fourth-order valence-electron chi connectivity index (χ4n) is 1.20. The number of pyridine rings is 1. The molecule has 0 aromatic carbocycles. The lowest BCUT2D eigenvalue weighted by Crippen LogP contribution is -2.29. The normalized spacial score (nSPS) is 10.6. The smallest absolute Gasteiger partial charge is 0.317 e. The van der Waals surface area contributed by atoms with E-state index in [1.54, 1.807) is 6.20 Å². The summed E-state index contributed by atoms with van der Waals surface area (Å²) in [4.78, 5) is 16.6. The number of rotatable bonds is 5. The Morgan fingerprint density at radius 3 is 2.80 bits per heavy atom. The van der Waals surface area contributed by atoms with Gasteiger partial charge in [0.25, 0.3) is 0 Å². The first-order valence-corrected chi connectivity index (χ1v) is 5.45. The van der Waals surface area contributed by atoms with Crippen molar-refractivity contribution in [3.63, 3.8) is 0 Å². The molecule has 4 nitrogen and oxygen atoms in total. The van der Waals surface area contributed by atoms with E-state index in [4.69, 9.17) is 5.11 Å². The van der Waals surface area contributed by atoms with Crippen LogP contribution in [0.2, 0.25) is 0 Å². The molecule has 0 aliphatic rings. The van der Waals surface area contributed by atoms with Gasteiger partial charge in [0.05, 0.1) is 12.2 Å². The summed E-state index contributed by atoms with van der Waals surface area (Å²) in [6.07, 6.45) is 1.71. The maximum absolute atomic E-state index is 10.5. The Balaban J connectivity index is 2.58. The second-order valence-electron chi connectivity index (χ2n) is 3.16. The highest BCUT2D eigenvalue weighted by Crippen LogP contribution is 2.08. The first kappa shape index (κ1) is 12.1. The van der Waals surface area contributed by atoms with Gasteiger partial charge in [0.1, 0.15) is 0 Å². The van der Waals surface area contributed by atoms with Crippen LogP contribution >= 0.6 is 15.9 Å². The highest BCUT2D eigenvalue weighted by molar-refractivity contribution is 9.10. The summed E-state index contributed by atoms with van der Waals surface area (Å²) in [5.74, 6) is -0.811. The van der Waals surface area contributed by atoms with Gasteiger partial charge in [0, 0.05) is 17.2 Å². The van der Waals surface area contributed by atoms with Gasteiger partial charge in [-0.2, -0.15) is 0 Å². The van der Waals surface area contributed by atoms with Crippen LogP contribution in [0.15, 0.2) is 22.8 Å². The van der Waals surface area contributed by atoms with Crippen molar-refractivity contribution in [3.05, 3.63) is 28.5 Å². The standard InChI is InChI=1S/C10H13BrN2O2/c1-2-13(7-10(14)15)6-9-4-3-8(11)5-12-9/h3-5H,2,6-7H2,1H3,(H,14,15). The average molecular weight is 273 g/mol. The van der Waals surface area contributed by atoms with Crippen LogP contribution in [0.3, 0.4) is 0 Å². The first-order chi connectivity index (χ1) is 7.11. The van der Waals surface area contributed by atoms with Gasteiger partial charge in [-0.25, -0.2) is 0 Å². The van der Waals surface area contributed by atoms with Crippen LogP contribution in [-0.4, -0.2) is 34.0 Å². The molecule has 0 bridgehead atoms. The van der Waals surface area contributed by atoms with E-state index in [1.807, 2.05) is 24.0 Å². The minimum Gasteiger partial charge on any atom is -0.480 e. The van der Waals surface area contributed by atoms with Gasteiger partial charge in [-0.1, -0.05) is 6.92 Å². The zero-order chi connectivity index (χ0) is 11.3. The zero-order valence-corrected chi connectivity index (χ0v) is 10.1. The minimum absolute atomic E-state index is 0.0498. The lowest BCUT2D eigenvalue weighted by molar-refractivity contribution is -0.138. The molecule has 0 radical (unpaired) electrons. The first-order valence-electron chi connectivity index (χ1n) is 4.66. The molecule has 0 atom stereocenters. The second-order valence-corrected chi connectivity index (χ2v) is 4.08. The van der Waals surface area contributed by atoms with Crippen LogP contribution in [0, 0.1) is 0 Å². The third-order valence-electron chi connectivity index (χ3n) is 1.98. The predicted molar refractivity (Wildman–Crippen MR) is 60.5 cm³/mol. The minimum atomic E-state index is -0.811. The number of carboxylic acid groups (broad SMARTS) is 1. The molecule has 1 aromatic heterocycles.